The maximum absolute atomic E-state index is 13.0. The van der Waals surface area contributed by atoms with Crippen molar-refractivity contribution in [3.8, 4) is 0 Å². The number of hydrogen-bond donors (Lipinski definition) is 0. The van der Waals surface area contributed by atoms with Crippen molar-refractivity contribution in [3.63, 3.8) is 0 Å². The first kappa shape index (κ1) is 29.1. The molecule has 0 aliphatic heterocycles. The summed E-state index contributed by atoms with van der Waals surface area (Å²) in [6.07, 6.45) is 1.77. The lowest BCUT2D eigenvalue weighted by Gasteiger charge is -2.37. The number of esters is 1. The number of aryl methyl sites for hydroxylation is 1. The summed E-state index contributed by atoms with van der Waals surface area (Å²) < 4.78 is 50.1. The van der Waals surface area contributed by atoms with Gasteiger partial charge in [0.15, 0.2) is 8.32 Å². The van der Waals surface area contributed by atoms with Crippen LogP contribution in [-0.4, -0.2) is 44.4 Å². The number of carbonyl (C=O) groups is 1. The Labute approximate surface area is 218 Å². The Morgan fingerprint density at radius 3 is 2.51 bits per heavy atom. The van der Waals surface area contributed by atoms with Gasteiger partial charge in [0.25, 0.3) is 0 Å². The van der Waals surface area contributed by atoms with Gasteiger partial charge < -0.3 is 9.16 Å². The number of ether oxygens (including phenoxy) is 1. The molecule has 1 heterocycles. The van der Waals surface area contributed by atoms with E-state index in [0.717, 1.165) is 30.0 Å². The monoisotopic (exact) mass is 534 g/mol. The quantitative estimate of drug-likeness (QED) is 0.201. The van der Waals surface area contributed by atoms with E-state index >= 15 is 0 Å². The Bertz CT molecular complexity index is 1110. The molecule has 5 nitrogen and oxygen atoms in total. The topological polar surface area (TPSA) is 51.7 Å². The van der Waals surface area contributed by atoms with Crippen LogP contribution in [0.2, 0.25) is 18.1 Å². The molecule has 1 aromatic carbocycles. The molecule has 0 fully saturated rings. The van der Waals surface area contributed by atoms with Crippen LogP contribution in [0.15, 0.2) is 42.6 Å². The van der Waals surface area contributed by atoms with Crippen LogP contribution in [0.3, 0.4) is 0 Å². The van der Waals surface area contributed by atoms with Crippen LogP contribution in [0.4, 0.5) is 13.2 Å². The average Bonchev–Trinajstić information content (AvgIpc) is 3.24. The normalized spacial score (nSPS) is 16.4. The van der Waals surface area contributed by atoms with Crippen molar-refractivity contribution in [2.45, 2.75) is 70.5 Å². The molecule has 1 aromatic heterocycles. The van der Waals surface area contributed by atoms with Crippen LogP contribution in [0.1, 0.15) is 61.2 Å². The highest BCUT2D eigenvalue weighted by Gasteiger charge is 2.37. The summed E-state index contributed by atoms with van der Waals surface area (Å²) >= 11 is 0. The van der Waals surface area contributed by atoms with E-state index in [2.05, 4.69) is 60.6 Å². The van der Waals surface area contributed by atoms with Crippen molar-refractivity contribution < 1.29 is 27.1 Å². The third-order valence-electron chi connectivity index (χ3n) is 7.42. The first-order chi connectivity index (χ1) is 17.2. The highest BCUT2D eigenvalue weighted by atomic mass is 28.4. The van der Waals surface area contributed by atoms with Gasteiger partial charge in [0.05, 0.1) is 7.11 Å². The number of aromatic nitrogens is 1. The molecule has 9 heteroatoms. The van der Waals surface area contributed by atoms with Gasteiger partial charge in [0.1, 0.15) is 5.69 Å². The molecule has 1 atom stereocenters. The molecule has 0 saturated heterocycles. The van der Waals surface area contributed by atoms with Gasteiger partial charge in [-0.1, -0.05) is 45.0 Å². The number of fused-ring (bicyclic) bond motifs is 1. The summed E-state index contributed by atoms with van der Waals surface area (Å²) in [6, 6.07) is 8.80. The van der Waals surface area contributed by atoms with Crippen LogP contribution in [-0.2, 0) is 33.1 Å². The van der Waals surface area contributed by atoms with Crippen LogP contribution < -0.4 is 0 Å². The number of halogens is 3. The summed E-state index contributed by atoms with van der Waals surface area (Å²) in [4.78, 5) is 17.4. The second kappa shape index (κ2) is 11.5. The molecule has 0 N–H and O–H groups in total. The lowest BCUT2D eigenvalue weighted by molar-refractivity contribution is -0.141. The SMILES string of the molecule is COC(=O)C=Cc1ccc2c(c1)CCC2N(CCO[Si](C)(C)C(C)(C)C)Cc1ccc(C(F)(F)F)nc1. The molecule has 0 spiro atoms. The first-order valence-corrected chi connectivity index (χ1v) is 15.4. The molecular weight excluding hydrogens is 497 g/mol. The lowest BCUT2D eigenvalue weighted by Crippen LogP contribution is -2.43. The zero-order valence-electron chi connectivity index (χ0n) is 22.5. The fraction of sp³-hybridized carbons (Fsp3) is 0.500. The zero-order valence-corrected chi connectivity index (χ0v) is 23.5. The van der Waals surface area contributed by atoms with Crippen molar-refractivity contribution in [2.75, 3.05) is 20.3 Å². The molecule has 0 saturated carbocycles. The highest BCUT2D eigenvalue weighted by Crippen LogP contribution is 2.39. The third-order valence-corrected chi connectivity index (χ3v) is 12.0. The molecule has 1 aliphatic rings. The summed E-state index contributed by atoms with van der Waals surface area (Å²) in [5, 5.41) is 0.0866. The summed E-state index contributed by atoms with van der Waals surface area (Å²) in [5.74, 6) is -0.406. The van der Waals surface area contributed by atoms with Gasteiger partial charge in [0.2, 0.25) is 0 Å². The summed E-state index contributed by atoms with van der Waals surface area (Å²) in [6.45, 7) is 12.7. The van der Waals surface area contributed by atoms with Crippen LogP contribution >= 0.6 is 0 Å². The predicted molar refractivity (Wildman–Crippen MR) is 141 cm³/mol. The second-order valence-electron chi connectivity index (χ2n) is 11.0. The van der Waals surface area contributed by atoms with Crippen molar-refractivity contribution in [1.82, 2.24) is 9.88 Å². The molecular formula is C28H37F3N2O3Si. The van der Waals surface area contributed by atoms with Gasteiger partial charge >= 0.3 is 12.1 Å². The Kier molecular flexibility index (Phi) is 9.03. The lowest BCUT2D eigenvalue weighted by atomic mass is 10.0. The Hall–Kier alpha value is -2.49. The van der Waals surface area contributed by atoms with Crippen molar-refractivity contribution in [2.24, 2.45) is 0 Å². The first-order valence-electron chi connectivity index (χ1n) is 12.5. The molecule has 202 valence electrons. The largest absolute Gasteiger partial charge is 0.466 e. The van der Waals surface area contributed by atoms with E-state index in [-0.39, 0.29) is 11.1 Å². The number of rotatable bonds is 9. The highest BCUT2D eigenvalue weighted by molar-refractivity contribution is 6.74. The number of carbonyl (C=O) groups excluding carboxylic acids is 1. The number of methoxy groups -OCH3 is 1. The fourth-order valence-electron chi connectivity index (χ4n) is 4.23. The predicted octanol–water partition coefficient (Wildman–Crippen LogP) is 6.80. The van der Waals surface area contributed by atoms with Crippen LogP contribution in [0.5, 0.6) is 0 Å². The van der Waals surface area contributed by atoms with Gasteiger partial charge in [-0.2, -0.15) is 13.2 Å². The van der Waals surface area contributed by atoms with E-state index in [1.54, 1.807) is 6.08 Å². The minimum Gasteiger partial charge on any atom is -0.466 e. The summed E-state index contributed by atoms with van der Waals surface area (Å²) in [7, 11) is -0.599. The van der Waals surface area contributed by atoms with E-state index in [1.165, 1.54) is 36.6 Å². The van der Waals surface area contributed by atoms with E-state index in [4.69, 9.17) is 4.43 Å². The molecule has 0 bridgehead atoms. The van der Waals surface area contributed by atoms with Gasteiger partial charge in [0, 0.05) is 38.0 Å². The molecule has 0 radical (unpaired) electrons. The third kappa shape index (κ3) is 7.52. The standard InChI is InChI=1S/C28H37F3N2O3Si/c1-27(2,3)37(5,6)36-16-15-33(19-21-8-13-25(32-18-21)28(29,30)31)24-12-10-22-17-20(7-11-23(22)24)9-14-26(34)35-4/h7-9,11,13-14,17-18,24H,10,12,15-16,19H2,1-6H3. The smallest absolute Gasteiger partial charge is 0.433 e. The number of benzene rings is 1. The van der Waals surface area contributed by atoms with E-state index in [1.807, 2.05) is 6.07 Å². The van der Waals surface area contributed by atoms with E-state index in [0.29, 0.717) is 19.7 Å². The molecule has 1 unspecified atom stereocenters. The van der Waals surface area contributed by atoms with Gasteiger partial charge in [-0.05, 0) is 65.4 Å². The molecule has 2 aromatic rings. The zero-order chi connectivity index (χ0) is 27.4. The Morgan fingerprint density at radius 1 is 1.19 bits per heavy atom. The average molecular weight is 535 g/mol. The summed E-state index contributed by atoms with van der Waals surface area (Å²) in [5.41, 5.74) is 3.17. The van der Waals surface area contributed by atoms with Crippen molar-refractivity contribution in [1.29, 1.82) is 0 Å². The van der Waals surface area contributed by atoms with Crippen molar-refractivity contribution >= 4 is 20.4 Å². The van der Waals surface area contributed by atoms with Gasteiger partial charge in [-0.25, -0.2) is 4.79 Å². The van der Waals surface area contributed by atoms with Crippen molar-refractivity contribution in [3.05, 3.63) is 70.6 Å². The van der Waals surface area contributed by atoms with Gasteiger partial charge in [-0.3, -0.25) is 9.88 Å². The van der Waals surface area contributed by atoms with Crippen LogP contribution in [0, 0.1) is 0 Å². The number of pyridine rings is 1. The fourth-order valence-corrected chi connectivity index (χ4v) is 5.26. The molecule has 0 amide bonds. The molecule has 3 rings (SSSR count). The minimum atomic E-state index is -4.46. The number of alkyl halides is 3. The van der Waals surface area contributed by atoms with E-state index < -0.39 is 26.2 Å². The number of nitrogens with zero attached hydrogens (tertiary/aromatic N) is 2. The number of hydrogen-bond acceptors (Lipinski definition) is 5. The van der Waals surface area contributed by atoms with Crippen LogP contribution in [0.25, 0.3) is 6.08 Å². The molecule has 1 aliphatic carbocycles. The maximum atomic E-state index is 13.0. The second-order valence-corrected chi connectivity index (χ2v) is 15.8. The van der Waals surface area contributed by atoms with Gasteiger partial charge in [-0.15, -0.1) is 0 Å². The minimum absolute atomic E-state index is 0.0866. The Balaban J connectivity index is 1.82. The molecule has 37 heavy (non-hydrogen) atoms. The Morgan fingerprint density at radius 2 is 1.92 bits per heavy atom. The van der Waals surface area contributed by atoms with E-state index in [9.17, 15) is 18.0 Å². The maximum Gasteiger partial charge on any atom is 0.433 e.